The Morgan fingerprint density at radius 1 is 1.42 bits per heavy atom. The quantitative estimate of drug-likeness (QED) is 0.899. The predicted octanol–water partition coefficient (Wildman–Crippen LogP) is 1.96. The number of nitrogens with one attached hydrogen (secondary N) is 1. The molecule has 1 N–H and O–H groups in total. The first-order chi connectivity index (χ1) is 11.6. The second kappa shape index (κ2) is 7.25. The molecule has 1 aliphatic rings. The van der Waals surface area contributed by atoms with E-state index in [0.717, 1.165) is 23.5 Å². The van der Waals surface area contributed by atoms with Gasteiger partial charge in [0.1, 0.15) is 11.7 Å². The zero-order valence-corrected chi connectivity index (χ0v) is 14.8. The first-order valence-corrected chi connectivity index (χ1v) is 9.34. The number of pyridine rings is 1. The number of amides is 2. The molecule has 0 radical (unpaired) electrons. The van der Waals surface area contributed by atoms with Crippen LogP contribution >= 0.6 is 11.8 Å². The molecule has 0 saturated carbocycles. The van der Waals surface area contributed by atoms with E-state index in [1.165, 1.54) is 0 Å². The minimum absolute atomic E-state index is 0.0611. The maximum Gasteiger partial charge on any atom is 0.244 e. The van der Waals surface area contributed by atoms with Crippen molar-refractivity contribution >= 4 is 29.2 Å². The van der Waals surface area contributed by atoms with Gasteiger partial charge < -0.3 is 14.6 Å². The Bertz CT molecular complexity index is 758. The molecule has 3 heterocycles. The van der Waals surface area contributed by atoms with Crippen LogP contribution in [0.15, 0.2) is 24.4 Å². The average molecular weight is 346 g/mol. The molecule has 2 amide bonds. The van der Waals surface area contributed by atoms with E-state index in [9.17, 15) is 9.59 Å². The molecule has 3 rings (SSSR count). The maximum atomic E-state index is 12.5. The third-order valence-corrected chi connectivity index (χ3v) is 5.17. The van der Waals surface area contributed by atoms with E-state index in [-0.39, 0.29) is 17.9 Å². The molecule has 0 spiro atoms. The molecule has 0 unspecified atom stereocenters. The molecule has 128 valence electrons. The number of aromatic nitrogens is 2. The van der Waals surface area contributed by atoms with Gasteiger partial charge in [-0.3, -0.25) is 9.59 Å². The van der Waals surface area contributed by atoms with Crippen LogP contribution in [0.3, 0.4) is 0 Å². The smallest absolute Gasteiger partial charge is 0.244 e. The fourth-order valence-corrected chi connectivity index (χ4v) is 4.02. The zero-order valence-electron chi connectivity index (χ0n) is 14.0. The number of rotatable bonds is 5. The molecule has 2 aromatic rings. The highest BCUT2D eigenvalue weighted by atomic mass is 32.2. The van der Waals surface area contributed by atoms with Gasteiger partial charge in [-0.25, -0.2) is 4.98 Å². The van der Waals surface area contributed by atoms with E-state index in [2.05, 4.69) is 10.3 Å². The third-order valence-electron chi connectivity index (χ3n) is 4.16. The van der Waals surface area contributed by atoms with Gasteiger partial charge in [0.05, 0.1) is 18.1 Å². The highest BCUT2D eigenvalue weighted by Gasteiger charge is 2.33. The predicted molar refractivity (Wildman–Crippen MR) is 94.6 cm³/mol. The molecule has 7 heteroatoms. The molecule has 2 aromatic heterocycles. The minimum atomic E-state index is -0.368. The molecule has 1 saturated heterocycles. The van der Waals surface area contributed by atoms with Gasteiger partial charge in [-0.15, -0.1) is 11.8 Å². The van der Waals surface area contributed by atoms with Crippen LogP contribution < -0.4 is 5.32 Å². The van der Waals surface area contributed by atoms with Gasteiger partial charge >= 0.3 is 0 Å². The van der Waals surface area contributed by atoms with E-state index in [1.54, 1.807) is 16.7 Å². The second-order valence-electron chi connectivity index (χ2n) is 5.97. The number of nitrogens with zero attached hydrogens (tertiary/aromatic N) is 3. The van der Waals surface area contributed by atoms with E-state index in [0.29, 0.717) is 24.6 Å². The van der Waals surface area contributed by atoms with Crippen molar-refractivity contribution in [3.05, 3.63) is 35.8 Å². The van der Waals surface area contributed by atoms with Crippen LogP contribution in [0, 0.1) is 6.92 Å². The third kappa shape index (κ3) is 3.40. The van der Waals surface area contributed by atoms with Crippen molar-refractivity contribution in [3.8, 4) is 0 Å². The normalized spacial score (nSPS) is 17.4. The molecule has 0 bridgehead atoms. The van der Waals surface area contributed by atoms with Crippen molar-refractivity contribution in [3.63, 3.8) is 0 Å². The summed E-state index contributed by atoms with van der Waals surface area (Å²) in [5, 5.41) is 2.93. The Labute approximate surface area is 145 Å². The summed E-state index contributed by atoms with van der Waals surface area (Å²) in [5.74, 6) is 1.22. The first-order valence-electron chi connectivity index (χ1n) is 8.18. The van der Waals surface area contributed by atoms with Gasteiger partial charge in [0.2, 0.25) is 11.8 Å². The van der Waals surface area contributed by atoms with Crippen LogP contribution in [0.1, 0.15) is 31.2 Å². The number of imidazole rings is 1. The maximum absolute atomic E-state index is 12.5. The lowest BCUT2D eigenvalue weighted by molar-refractivity contribution is -0.138. The van der Waals surface area contributed by atoms with Gasteiger partial charge in [0.25, 0.3) is 0 Å². The monoisotopic (exact) mass is 346 g/mol. The van der Waals surface area contributed by atoms with Gasteiger partial charge in [0, 0.05) is 24.1 Å². The Balaban J connectivity index is 1.63. The number of carbonyl (C=O) groups excluding carboxylic acids is 2. The molecule has 6 nitrogen and oxygen atoms in total. The van der Waals surface area contributed by atoms with Gasteiger partial charge in [0.15, 0.2) is 0 Å². The molecule has 0 aliphatic carbocycles. The average Bonchev–Trinajstić information content (AvgIpc) is 3.20. The van der Waals surface area contributed by atoms with Gasteiger partial charge in [-0.05, 0) is 25.5 Å². The van der Waals surface area contributed by atoms with Crippen molar-refractivity contribution in [2.75, 3.05) is 11.6 Å². The van der Waals surface area contributed by atoms with Crippen molar-refractivity contribution in [1.82, 2.24) is 19.6 Å². The van der Waals surface area contributed by atoms with E-state index >= 15 is 0 Å². The van der Waals surface area contributed by atoms with E-state index in [4.69, 9.17) is 0 Å². The molecule has 0 aromatic carbocycles. The van der Waals surface area contributed by atoms with Crippen LogP contribution in [0.25, 0.3) is 5.65 Å². The fourth-order valence-electron chi connectivity index (χ4n) is 2.84. The minimum Gasteiger partial charge on any atom is -0.349 e. The lowest BCUT2D eigenvalue weighted by atomic mass is 10.2. The molecular weight excluding hydrogens is 324 g/mol. The van der Waals surface area contributed by atoms with E-state index in [1.807, 2.05) is 42.6 Å². The van der Waals surface area contributed by atoms with Crippen LogP contribution in [-0.4, -0.2) is 43.8 Å². The topological polar surface area (TPSA) is 66.7 Å². The van der Waals surface area contributed by atoms with Crippen molar-refractivity contribution in [2.24, 2.45) is 0 Å². The molecular formula is C17H22N4O2S. The van der Waals surface area contributed by atoms with Crippen LogP contribution in [0.5, 0.6) is 0 Å². The summed E-state index contributed by atoms with van der Waals surface area (Å²) in [6.45, 7) is 4.36. The van der Waals surface area contributed by atoms with Crippen molar-refractivity contribution in [2.45, 2.75) is 39.3 Å². The zero-order chi connectivity index (χ0) is 17.1. The summed E-state index contributed by atoms with van der Waals surface area (Å²) in [5.41, 5.74) is 2.78. The van der Waals surface area contributed by atoms with Crippen molar-refractivity contribution in [1.29, 1.82) is 0 Å². The summed E-state index contributed by atoms with van der Waals surface area (Å²) in [6, 6.07) is 5.56. The molecule has 1 fully saturated rings. The highest BCUT2D eigenvalue weighted by molar-refractivity contribution is 7.99. The number of aryl methyl sites for hydroxylation is 1. The Morgan fingerprint density at radius 2 is 2.25 bits per heavy atom. The number of thioether (sulfide) groups is 1. The number of fused-ring (bicyclic) bond motifs is 1. The lowest BCUT2D eigenvalue weighted by Gasteiger charge is -2.22. The standard InChI is InChI=1S/C17H22N4O2S/c1-3-5-16(22)21-11-24-10-14(21)17(23)18-8-13-9-20-12(2)6-4-7-15(20)19-13/h4,6-7,9,14H,3,5,8,10-11H2,1-2H3,(H,18,23)/t14-/m1/s1. The van der Waals surface area contributed by atoms with Crippen LogP contribution in [0.4, 0.5) is 0 Å². The Morgan fingerprint density at radius 3 is 3.00 bits per heavy atom. The molecule has 1 atom stereocenters. The summed E-state index contributed by atoms with van der Waals surface area (Å²) < 4.78 is 2.00. The summed E-state index contributed by atoms with van der Waals surface area (Å²) in [7, 11) is 0. The first kappa shape index (κ1) is 16.8. The van der Waals surface area contributed by atoms with Crippen molar-refractivity contribution < 1.29 is 9.59 Å². The largest absolute Gasteiger partial charge is 0.349 e. The summed E-state index contributed by atoms with van der Waals surface area (Å²) in [4.78, 5) is 30.8. The lowest BCUT2D eigenvalue weighted by Crippen LogP contribution is -2.47. The Kier molecular flexibility index (Phi) is 5.08. The molecule has 1 aliphatic heterocycles. The van der Waals surface area contributed by atoms with Crippen LogP contribution in [0.2, 0.25) is 0 Å². The summed E-state index contributed by atoms with van der Waals surface area (Å²) in [6.07, 6.45) is 3.24. The highest BCUT2D eigenvalue weighted by Crippen LogP contribution is 2.22. The SMILES string of the molecule is CCCC(=O)N1CSC[C@@H]1C(=O)NCc1cn2c(C)cccc2n1. The second-order valence-corrected chi connectivity index (χ2v) is 6.97. The van der Waals surface area contributed by atoms with Gasteiger partial charge in [-0.1, -0.05) is 13.0 Å². The molecule has 24 heavy (non-hydrogen) atoms. The van der Waals surface area contributed by atoms with Gasteiger partial charge in [-0.2, -0.15) is 0 Å². The fraction of sp³-hybridized carbons (Fsp3) is 0.471. The number of hydrogen-bond acceptors (Lipinski definition) is 4. The van der Waals surface area contributed by atoms with Crippen LogP contribution in [-0.2, 0) is 16.1 Å². The number of hydrogen-bond donors (Lipinski definition) is 1. The van der Waals surface area contributed by atoms with E-state index < -0.39 is 0 Å². The number of carbonyl (C=O) groups is 2. The Hall–Kier alpha value is -2.02. The summed E-state index contributed by atoms with van der Waals surface area (Å²) >= 11 is 1.62.